The van der Waals surface area contributed by atoms with Crippen molar-refractivity contribution in [1.82, 2.24) is 14.9 Å². The lowest BCUT2D eigenvalue weighted by atomic mass is 9.99. The molecule has 0 bridgehead atoms. The molecule has 2 heterocycles. The number of hydrogen-bond donors (Lipinski definition) is 1. The Morgan fingerprint density at radius 2 is 1.93 bits per heavy atom. The molecular weight excluding hydrogens is 382 g/mol. The lowest BCUT2D eigenvalue weighted by Crippen LogP contribution is -2.35. The number of aromatic nitrogens is 1. The van der Waals surface area contributed by atoms with E-state index in [2.05, 4.69) is 4.98 Å². The fourth-order valence-corrected chi connectivity index (χ4v) is 3.15. The number of benzene rings is 1. The van der Waals surface area contributed by atoms with Crippen molar-refractivity contribution in [3.05, 3.63) is 71.7 Å². The van der Waals surface area contributed by atoms with Gasteiger partial charge in [-0.1, -0.05) is 30.3 Å². The molecule has 0 saturated heterocycles. The summed E-state index contributed by atoms with van der Waals surface area (Å²) in [7, 11) is 0. The SMILES string of the molecule is CC(C)(C)OC(=O)N1C=C(c2ccnc(C(=O)N(O)Cc3ccccc3)c2)CCC1. The van der Waals surface area contributed by atoms with Crippen molar-refractivity contribution in [3.8, 4) is 0 Å². The Morgan fingerprint density at radius 3 is 2.63 bits per heavy atom. The van der Waals surface area contributed by atoms with E-state index < -0.39 is 17.6 Å². The zero-order chi connectivity index (χ0) is 21.7. The highest BCUT2D eigenvalue weighted by molar-refractivity contribution is 5.92. The van der Waals surface area contributed by atoms with E-state index in [0.29, 0.717) is 11.6 Å². The second kappa shape index (κ2) is 9.09. The van der Waals surface area contributed by atoms with E-state index >= 15 is 0 Å². The number of pyridine rings is 1. The molecule has 1 aliphatic rings. The number of ether oxygens (including phenoxy) is 1. The Balaban J connectivity index is 1.75. The van der Waals surface area contributed by atoms with Crippen molar-refractivity contribution in [2.24, 2.45) is 0 Å². The maximum absolute atomic E-state index is 12.6. The van der Waals surface area contributed by atoms with E-state index in [0.717, 1.165) is 29.5 Å². The molecule has 7 nitrogen and oxygen atoms in total. The molecular formula is C23H27N3O4. The summed E-state index contributed by atoms with van der Waals surface area (Å²) in [5, 5.41) is 10.9. The Kier molecular flexibility index (Phi) is 6.52. The highest BCUT2D eigenvalue weighted by Gasteiger charge is 2.24. The van der Waals surface area contributed by atoms with Crippen LogP contribution in [0.2, 0.25) is 0 Å². The van der Waals surface area contributed by atoms with E-state index in [1.165, 1.54) is 6.20 Å². The van der Waals surface area contributed by atoms with Gasteiger partial charge >= 0.3 is 6.09 Å². The van der Waals surface area contributed by atoms with Gasteiger partial charge in [-0.15, -0.1) is 0 Å². The summed E-state index contributed by atoms with van der Waals surface area (Å²) in [4.78, 5) is 30.7. The zero-order valence-corrected chi connectivity index (χ0v) is 17.5. The Bertz CT molecular complexity index is 935. The number of hydrogen-bond acceptors (Lipinski definition) is 5. The quantitative estimate of drug-likeness (QED) is 0.594. The first kappa shape index (κ1) is 21.5. The summed E-state index contributed by atoms with van der Waals surface area (Å²) >= 11 is 0. The highest BCUT2D eigenvalue weighted by atomic mass is 16.6. The van der Waals surface area contributed by atoms with Gasteiger partial charge in [0.15, 0.2) is 0 Å². The lowest BCUT2D eigenvalue weighted by Gasteiger charge is -2.28. The maximum Gasteiger partial charge on any atom is 0.414 e. The Morgan fingerprint density at radius 1 is 1.20 bits per heavy atom. The van der Waals surface area contributed by atoms with Crippen LogP contribution < -0.4 is 0 Å². The average molecular weight is 409 g/mol. The van der Waals surface area contributed by atoms with Crippen LogP contribution in [0.1, 0.15) is 55.2 Å². The summed E-state index contributed by atoms with van der Waals surface area (Å²) in [6, 6.07) is 12.7. The molecule has 0 aliphatic carbocycles. The van der Waals surface area contributed by atoms with Crippen LogP contribution in [0.5, 0.6) is 0 Å². The van der Waals surface area contributed by atoms with Crippen LogP contribution in [-0.2, 0) is 11.3 Å². The van der Waals surface area contributed by atoms with Gasteiger partial charge in [0, 0.05) is 18.9 Å². The van der Waals surface area contributed by atoms with Crippen molar-refractivity contribution >= 4 is 17.6 Å². The van der Waals surface area contributed by atoms with Gasteiger partial charge in [0.05, 0.1) is 6.54 Å². The first-order chi connectivity index (χ1) is 14.2. The molecule has 0 unspecified atom stereocenters. The second-order valence-electron chi connectivity index (χ2n) is 8.21. The molecule has 3 rings (SSSR count). The minimum absolute atomic E-state index is 0.0701. The molecule has 0 saturated carbocycles. The summed E-state index contributed by atoms with van der Waals surface area (Å²) in [5.74, 6) is -0.582. The van der Waals surface area contributed by atoms with Crippen molar-refractivity contribution in [1.29, 1.82) is 0 Å². The number of amides is 2. The van der Waals surface area contributed by atoms with Crippen LogP contribution in [-0.4, -0.2) is 44.3 Å². The van der Waals surface area contributed by atoms with Crippen molar-refractivity contribution in [3.63, 3.8) is 0 Å². The van der Waals surface area contributed by atoms with E-state index in [-0.39, 0.29) is 12.2 Å². The van der Waals surface area contributed by atoms with Crippen molar-refractivity contribution < 1.29 is 19.5 Å². The largest absolute Gasteiger partial charge is 0.443 e. The van der Waals surface area contributed by atoms with Gasteiger partial charge in [-0.25, -0.2) is 9.86 Å². The number of allylic oxidation sites excluding steroid dienone is 1. The smallest absolute Gasteiger partial charge is 0.414 e. The van der Waals surface area contributed by atoms with Gasteiger partial charge in [0.25, 0.3) is 5.91 Å². The summed E-state index contributed by atoms with van der Waals surface area (Å²) in [6.07, 6.45) is 4.46. The second-order valence-corrected chi connectivity index (χ2v) is 8.21. The standard InChI is InChI=1S/C23H27N3O4/c1-23(2,3)30-22(28)25-13-7-10-19(16-25)18-11-12-24-20(14-18)21(27)26(29)15-17-8-5-4-6-9-17/h4-6,8-9,11-12,14,16,29H,7,10,13,15H2,1-3H3. The molecule has 7 heteroatoms. The number of nitrogens with zero attached hydrogens (tertiary/aromatic N) is 3. The molecule has 1 N–H and O–H groups in total. The van der Waals surface area contributed by atoms with Gasteiger partial charge < -0.3 is 4.74 Å². The number of carbonyl (C=O) groups excluding carboxylic acids is 2. The van der Waals surface area contributed by atoms with E-state index in [1.54, 1.807) is 23.2 Å². The molecule has 1 aliphatic heterocycles. The zero-order valence-electron chi connectivity index (χ0n) is 17.5. The van der Waals surface area contributed by atoms with Crippen molar-refractivity contribution in [2.75, 3.05) is 6.54 Å². The Labute approximate surface area is 176 Å². The number of hydroxylamine groups is 2. The first-order valence-electron chi connectivity index (χ1n) is 9.94. The molecule has 2 aromatic rings. The highest BCUT2D eigenvalue weighted by Crippen LogP contribution is 2.26. The van der Waals surface area contributed by atoms with Crippen molar-refractivity contribution in [2.45, 2.75) is 45.8 Å². The van der Waals surface area contributed by atoms with Crippen LogP contribution in [0.4, 0.5) is 4.79 Å². The van der Waals surface area contributed by atoms with Gasteiger partial charge in [-0.05, 0) is 62.4 Å². The van der Waals surface area contributed by atoms with Crippen LogP contribution in [0.3, 0.4) is 0 Å². The lowest BCUT2D eigenvalue weighted by molar-refractivity contribution is -0.0652. The fourth-order valence-electron chi connectivity index (χ4n) is 3.15. The molecule has 30 heavy (non-hydrogen) atoms. The Hall–Kier alpha value is -3.19. The van der Waals surface area contributed by atoms with E-state index in [4.69, 9.17) is 4.74 Å². The fraction of sp³-hybridized carbons (Fsp3) is 0.348. The number of carbonyl (C=O) groups is 2. The topological polar surface area (TPSA) is 83.0 Å². The van der Waals surface area contributed by atoms with Crippen LogP contribution in [0.25, 0.3) is 5.57 Å². The molecule has 1 aromatic carbocycles. The average Bonchev–Trinajstić information content (AvgIpc) is 2.73. The molecule has 1 aromatic heterocycles. The molecule has 0 spiro atoms. The van der Waals surface area contributed by atoms with Crippen LogP contribution in [0.15, 0.2) is 54.9 Å². The number of rotatable bonds is 4. The minimum atomic E-state index is -0.582. The van der Waals surface area contributed by atoms with Gasteiger partial charge in [0.2, 0.25) is 0 Å². The maximum atomic E-state index is 12.6. The van der Waals surface area contributed by atoms with E-state index in [1.807, 2.05) is 51.1 Å². The molecule has 158 valence electrons. The van der Waals surface area contributed by atoms with Gasteiger partial charge in [0.1, 0.15) is 11.3 Å². The van der Waals surface area contributed by atoms with Crippen LogP contribution in [0, 0.1) is 0 Å². The summed E-state index contributed by atoms with van der Waals surface area (Å²) in [6.45, 7) is 6.14. The monoisotopic (exact) mass is 409 g/mol. The van der Waals surface area contributed by atoms with E-state index in [9.17, 15) is 14.8 Å². The first-order valence-corrected chi connectivity index (χ1v) is 9.94. The molecule has 0 radical (unpaired) electrons. The van der Waals surface area contributed by atoms with Gasteiger partial charge in [-0.2, -0.15) is 0 Å². The molecule has 2 amide bonds. The third kappa shape index (κ3) is 5.67. The third-order valence-corrected chi connectivity index (χ3v) is 4.54. The molecule has 0 atom stereocenters. The normalized spacial score (nSPS) is 14.1. The van der Waals surface area contributed by atoms with Gasteiger partial charge in [-0.3, -0.25) is 19.9 Å². The summed E-state index contributed by atoms with van der Waals surface area (Å²) < 4.78 is 5.45. The predicted molar refractivity (Wildman–Crippen MR) is 112 cm³/mol. The minimum Gasteiger partial charge on any atom is -0.443 e. The summed E-state index contributed by atoms with van der Waals surface area (Å²) in [5.41, 5.74) is 2.09. The molecule has 0 fully saturated rings. The third-order valence-electron chi connectivity index (χ3n) is 4.54. The predicted octanol–water partition coefficient (Wildman–Crippen LogP) is 4.49. The van der Waals surface area contributed by atoms with Crippen LogP contribution >= 0.6 is 0 Å².